The monoisotopic (exact) mass is 322 g/mol. The van der Waals surface area contributed by atoms with Crippen molar-refractivity contribution in [3.05, 3.63) is 71.8 Å². The number of esters is 1. The van der Waals surface area contributed by atoms with Crippen LogP contribution in [0, 0.1) is 5.41 Å². The molecule has 2 aromatic carbocycles. The lowest BCUT2D eigenvalue weighted by atomic mass is 9.63. The summed E-state index contributed by atoms with van der Waals surface area (Å²) in [5, 5.41) is 9.16. The van der Waals surface area contributed by atoms with Gasteiger partial charge in [0.1, 0.15) is 5.54 Å². The first-order chi connectivity index (χ1) is 11.3. The average molecular weight is 322 g/mol. The highest BCUT2D eigenvalue weighted by Crippen LogP contribution is 2.60. The molecule has 4 heteroatoms. The summed E-state index contributed by atoms with van der Waals surface area (Å²) < 4.78 is 5.82. The van der Waals surface area contributed by atoms with E-state index in [1.165, 1.54) is 6.92 Å². The first-order valence-electron chi connectivity index (χ1n) is 8.08. The maximum absolute atomic E-state index is 11.9. The standard InChI is InChI=1S/C20H22N2O2/c1-15(23)24-20(17-13-9-6-10-14-17)18(2,3)19(4,21-22-20)16-11-7-5-8-12-16/h5-14H,1-4H3/t19-,20-/m1/s1. The summed E-state index contributed by atoms with van der Waals surface area (Å²) in [6, 6.07) is 19.7. The molecular formula is C20H22N2O2. The SMILES string of the molecule is CC(=O)O[C@@]1(c2ccccc2)N=N[C@](C)(c2ccccc2)C1(C)C. The minimum absolute atomic E-state index is 0.372. The van der Waals surface area contributed by atoms with E-state index >= 15 is 0 Å². The van der Waals surface area contributed by atoms with Crippen molar-refractivity contribution in [2.24, 2.45) is 15.6 Å². The van der Waals surface area contributed by atoms with Crippen LogP contribution in [-0.2, 0) is 20.8 Å². The lowest BCUT2D eigenvalue weighted by Crippen LogP contribution is -2.50. The number of carbonyl (C=O) groups excluding carboxylic acids is 1. The molecule has 0 amide bonds. The Morgan fingerprint density at radius 1 is 0.833 bits per heavy atom. The molecule has 3 rings (SSSR count). The molecule has 0 saturated heterocycles. The molecule has 1 aliphatic heterocycles. The number of azo groups is 1. The van der Waals surface area contributed by atoms with Crippen LogP contribution in [0.2, 0.25) is 0 Å². The summed E-state index contributed by atoms with van der Waals surface area (Å²) in [5.41, 5.74) is -0.462. The maximum atomic E-state index is 11.9. The van der Waals surface area contributed by atoms with E-state index in [-0.39, 0.29) is 5.97 Å². The van der Waals surface area contributed by atoms with Gasteiger partial charge in [0.25, 0.3) is 5.72 Å². The smallest absolute Gasteiger partial charge is 0.305 e. The molecule has 24 heavy (non-hydrogen) atoms. The third kappa shape index (κ3) is 2.17. The van der Waals surface area contributed by atoms with Crippen molar-refractivity contribution in [3.63, 3.8) is 0 Å². The molecule has 2 atom stereocenters. The number of nitrogens with zero attached hydrogens (tertiary/aromatic N) is 2. The van der Waals surface area contributed by atoms with Gasteiger partial charge in [0.05, 0.1) is 5.41 Å². The first kappa shape index (κ1) is 16.4. The zero-order chi connectivity index (χ0) is 17.4. The van der Waals surface area contributed by atoms with E-state index in [1.54, 1.807) is 0 Å². The fraction of sp³-hybridized carbons (Fsp3) is 0.350. The van der Waals surface area contributed by atoms with Gasteiger partial charge in [-0.05, 0) is 12.5 Å². The summed E-state index contributed by atoms with van der Waals surface area (Å²) >= 11 is 0. The molecule has 0 fully saturated rings. The van der Waals surface area contributed by atoms with Crippen LogP contribution in [0.3, 0.4) is 0 Å². The van der Waals surface area contributed by atoms with Crippen LogP contribution in [0.1, 0.15) is 38.8 Å². The Labute approximate surface area is 142 Å². The molecule has 0 N–H and O–H groups in total. The predicted molar refractivity (Wildman–Crippen MR) is 92.3 cm³/mol. The van der Waals surface area contributed by atoms with Crippen molar-refractivity contribution in [2.75, 3.05) is 0 Å². The second kappa shape index (κ2) is 5.55. The van der Waals surface area contributed by atoms with Crippen LogP contribution in [0.15, 0.2) is 70.9 Å². The van der Waals surface area contributed by atoms with E-state index in [0.717, 1.165) is 11.1 Å². The summed E-state index contributed by atoms with van der Waals surface area (Å²) in [6.07, 6.45) is 0. The highest BCUT2D eigenvalue weighted by molar-refractivity contribution is 5.67. The fourth-order valence-corrected chi connectivity index (χ4v) is 3.43. The topological polar surface area (TPSA) is 51.0 Å². The Balaban J connectivity index is 2.19. The highest BCUT2D eigenvalue weighted by Gasteiger charge is 2.64. The van der Waals surface area contributed by atoms with Crippen LogP contribution in [0.25, 0.3) is 0 Å². The molecule has 1 heterocycles. The summed E-state index contributed by atoms with van der Waals surface area (Å²) in [4.78, 5) is 11.9. The van der Waals surface area contributed by atoms with E-state index < -0.39 is 16.7 Å². The Kier molecular flexibility index (Phi) is 3.78. The number of ether oxygens (including phenoxy) is 1. The summed E-state index contributed by atoms with van der Waals surface area (Å²) in [5.74, 6) is -0.372. The van der Waals surface area contributed by atoms with E-state index in [1.807, 2.05) is 67.6 Å². The zero-order valence-corrected chi connectivity index (χ0v) is 14.5. The third-order valence-electron chi connectivity index (χ3n) is 5.25. The molecular weight excluding hydrogens is 300 g/mol. The van der Waals surface area contributed by atoms with Crippen LogP contribution >= 0.6 is 0 Å². The molecule has 4 nitrogen and oxygen atoms in total. The summed E-state index contributed by atoms with van der Waals surface area (Å²) in [6.45, 7) is 7.56. The number of carbonyl (C=O) groups is 1. The normalized spacial score (nSPS) is 27.8. The minimum Gasteiger partial charge on any atom is -0.430 e. The van der Waals surface area contributed by atoms with Crippen LogP contribution < -0.4 is 0 Å². The Hall–Kier alpha value is -2.49. The second-order valence-corrected chi connectivity index (χ2v) is 6.87. The Morgan fingerprint density at radius 2 is 1.33 bits per heavy atom. The van der Waals surface area contributed by atoms with Crippen LogP contribution in [0.4, 0.5) is 0 Å². The zero-order valence-electron chi connectivity index (χ0n) is 14.5. The van der Waals surface area contributed by atoms with Gasteiger partial charge in [-0.1, -0.05) is 74.5 Å². The maximum Gasteiger partial charge on any atom is 0.305 e. The van der Waals surface area contributed by atoms with Crippen LogP contribution in [0.5, 0.6) is 0 Å². The summed E-state index contributed by atoms with van der Waals surface area (Å²) in [7, 11) is 0. The second-order valence-electron chi connectivity index (χ2n) is 6.87. The van der Waals surface area contributed by atoms with Crippen molar-refractivity contribution in [2.45, 2.75) is 39.0 Å². The number of hydrogen-bond acceptors (Lipinski definition) is 4. The van der Waals surface area contributed by atoms with Crippen molar-refractivity contribution >= 4 is 5.97 Å². The number of hydrogen-bond donors (Lipinski definition) is 0. The average Bonchev–Trinajstić information content (AvgIpc) is 2.78. The fourth-order valence-electron chi connectivity index (χ4n) is 3.43. The van der Waals surface area contributed by atoms with Gasteiger partial charge >= 0.3 is 5.97 Å². The van der Waals surface area contributed by atoms with Crippen molar-refractivity contribution in [3.8, 4) is 0 Å². The molecule has 2 aromatic rings. The van der Waals surface area contributed by atoms with Crippen molar-refractivity contribution in [1.82, 2.24) is 0 Å². The van der Waals surface area contributed by atoms with Gasteiger partial charge in [0.15, 0.2) is 0 Å². The Morgan fingerprint density at radius 3 is 1.83 bits per heavy atom. The molecule has 0 spiro atoms. The number of rotatable bonds is 3. The van der Waals surface area contributed by atoms with Crippen LogP contribution in [-0.4, -0.2) is 5.97 Å². The quantitative estimate of drug-likeness (QED) is 0.761. The van der Waals surface area contributed by atoms with Crippen molar-refractivity contribution in [1.29, 1.82) is 0 Å². The largest absolute Gasteiger partial charge is 0.430 e. The molecule has 0 bridgehead atoms. The molecule has 124 valence electrons. The van der Waals surface area contributed by atoms with Gasteiger partial charge < -0.3 is 4.74 Å². The van der Waals surface area contributed by atoms with Crippen molar-refractivity contribution < 1.29 is 9.53 Å². The van der Waals surface area contributed by atoms with Gasteiger partial charge in [-0.3, -0.25) is 4.79 Å². The van der Waals surface area contributed by atoms with E-state index in [0.29, 0.717) is 0 Å². The predicted octanol–water partition coefficient (Wildman–Crippen LogP) is 4.81. The minimum atomic E-state index is -1.15. The molecule has 0 aliphatic carbocycles. The lowest BCUT2D eigenvalue weighted by molar-refractivity contribution is -0.174. The lowest BCUT2D eigenvalue weighted by Gasteiger charge is -2.44. The molecule has 1 aliphatic rings. The molecule has 0 saturated carbocycles. The van der Waals surface area contributed by atoms with E-state index in [2.05, 4.69) is 24.1 Å². The third-order valence-corrected chi connectivity index (χ3v) is 5.25. The number of benzene rings is 2. The van der Waals surface area contributed by atoms with E-state index in [4.69, 9.17) is 4.74 Å². The van der Waals surface area contributed by atoms with Gasteiger partial charge in [0, 0.05) is 12.5 Å². The van der Waals surface area contributed by atoms with Gasteiger partial charge in [-0.15, -0.1) is 5.11 Å². The van der Waals surface area contributed by atoms with E-state index in [9.17, 15) is 4.79 Å². The van der Waals surface area contributed by atoms with Gasteiger partial charge in [-0.25, -0.2) is 0 Å². The first-order valence-corrected chi connectivity index (χ1v) is 8.08. The molecule has 0 aromatic heterocycles. The molecule has 0 radical (unpaired) electrons. The van der Waals surface area contributed by atoms with Gasteiger partial charge in [0.2, 0.25) is 0 Å². The van der Waals surface area contributed by atoms with Gasteiger partial charge in [-0.2, -0.15) is 5.11 Å². The molecule has 0 unspecified atom stereocenters. The highest BCUT2D eigenvalue weighted by atomic mass is 16.6. The Bertz CT molecular complexity index is 771.